The Morgan fingerprint density at radius 1 is 1.30 bits per heavy atom. The molecular weight excluding hydrogens is 368 g/mol. The Bertz CT molecular complexity index is 1020. The summed E-state index contributed by atoms with van der Waals surface area (Å²) in [4.78, 5) is 41.5. The Labute approximate surface area is 160 Å². The fraction of sp³-hybridized carbons (Fsp3) is 0.611. The maximum absolute atomic E-state index is 13.2. The van der Waals surface area contributed by atoms with Crippen molar-refractivity contribution in [3.8, 4) is 0 Å². The predicted octanol–water partition coefficient (Wildman–Crippen LogP) is 1.29. The molecule has 0 aromatic carbocycles. The van der Waals surface area contributed by atoms with Crippen LogP contribution in [-0.2, 0) is 17.8 Å². The number of amides is 2. The van der Waals surface area contributed by atoms with E-state index < -0.39 is 0 Å². The number of nitrogens with one attached hydrogen (secondary N) is 1. The number of rotatable bonds is 6. The maximum atomic E-state index is 13.2. The van der Waals surface area contributed by atoms with E-state index in [9.17, 15) is 14.4 Å². The number of ether oxygens (including phenoxy) is 1. The number of aromatic nitrogens is 2. The van der Waals surface area contributed by atoms with Gasteiger partial charge >= 0.3 is 11.7 Å². The Hall–Kier alpha value is -2.13. The second kappa shape index (κ2) is 6.79. The highest BCUT2D eigenvalue weighted by Gasteiger charge is 2.38. The summed E-state index contributed by atoms with van der Waals surface area (Å²) in [6, 6.07) is -0.108. The number of hydrogen-bond donors (Lipinski definition) is 1. The van der Waals surface area contributed by atoms with E-state index in [1.54, 1.807) is 16.6 Å². The molecule has 0 unspecified atom stereocenters. The molecule has 2 aliphatic rings. The van der Waals surface area contributed by atoms with Crippen LogP contribution in [0.3, 0.4) is 0 Å². The average molecular weight is 392 g/mol. The Morgan fingerprint density at radius 2 is 2.04 bits per heavy atom. The van der Waals surface area contributed by atoms with Crippen molar-refractivity contribution < 1.29 is 9.53 Å². The lowest BCUT2D eigenvalue weighted by atomic mass is 10.2. The summed E-state index contributed by atoms with van der Waals surface area (Å²) in [7, 11) is 1.60. The number of methoxy groups -OCH3 is 1. The first-order valence-electron chi connectivity index (χ1n) is 9.23. The van der Waals surface area contributed by atoms with Gasteiger partial charge < -0.3 is 15.0 Å². The number of carbonyl (C=O) groups excluding carboxylic acids is 1. The highest BCUT2D eigenvalue weighted by Crippen LogP contribution is 2.41. The second-order valence-electron chi connectivity index (χ2n) is 7.37. The summed E-state index contributed by atoms with van der Waals surface area (Å²) >= 11 is 1.43. The molecule has 146 valence electrons. The fourth-order valence-electron chi connectivity index (χ4n) is 3.73. The quantitative estimate of drug-likeness (QED) is 0.803. The molecule has 2 atom stereocenters. The average Bonchev–Trinajstić information content (AvgIpc) is 3.04. The van der Waals surface area contributed by atoms with E-state index in [1.807, 2.05) is 6.92 Å². The summed E-state index contributed by atoms with van der Waals surface area (Å²) < 4.78 is 8.26. The number of nitrogens with zero attached hydrogens (tertiary/aromatic N) is 3. The number of hydrogen-bond acceptors (Lipinski definition) is 5. The molecule has 9 heteroatoms. The summed E-state index contributed by atoms with van der Waals surface area (Å²) in [6.45, 7) is 6.49. The van der Waals surface area contributed by atoms with Crippen molar-refractivity contribution in [3.63, 3.8) is 0 Å². The van der Waals surface area contributed by atoms with E-state index in [4.69, 9.17) is 4.74 Å². The lowest BCUT2D eigenvalue weighted by Crippen LogP contribution is -2.40. The van der Waals surface area contributed by atoms with Crippen LogP contribution in [0.2, 0.25) is 0 Å². The molecule has 3 heterocycles. The summed E-state index contributed by atoms with van der Waals surface area (Å²) in [5.74, 6) is 0.343. The summed E-state index contributed by atoms with van der Waals surface area (Å²) in [5, 5.41) is 3.40. The first-order chi connectivity index (χ1) is 12.9. The van der Waals surface area contributed by atoms with Gasteiger partial charge in [-0.15, -0.1) is 11.3 Å². The standard InChI is InChI=1S/C18H24N4O4S/c1-10-8-12(10)22-15(23)14-11(2)13(9-20-5-4-19-17(20)24)27-16(14)21(18(22)25)6-7-26-3/h10,12H,4-9H2,1-3H3,(H,19,24)/t10-,12-/m0/s1. The third kappa shape index (κ3) is 2.98. The van der Waals surface area contributed by atoms with Crippen molar-refractivity contribution in [2.45, 2.75) is 39.4 Å². The van der Waals surface area contributed by atoms with Gasteiger partial charge in [-0.25, -0.2) is 9.59 Å². The van der Waals surface area contributed by atoms with E-state index in [1.165, 1.54) is 15.9 Å². The Morgan fingerprint density at radius 3 is 2.63 bits per heavy atom. The van der Waals surface area contributed by atoms with Crippen molar-refractivity contribution in [2.24, 2.45) is 5.92 Å². The third-order valence-electron chi connectivity index (χ3n) is 5.54. The minimum Gasteiger partial charge on any atom is -0.383 e. The molecule has 2 aromatic heterocycles. The molecule has 1 aliphatic heterocycles. The van der Waals surface area contributed by atoms with Gasteiger partial charge in [0.25, 0.3) is 5.56 Å². The fourth-order valence-corrected chi connectivity index (χ4v) is 5.06. The van der Waals surface area contributed by atoms with Crippen molar-refractivity contribution in [2.75, 3.05) is 26.8 Å². The van der Waals surface area contributed by atoms with Crippen LogP contribution in [-0.4, -0.2) is 46.9 Å². The van der Waals surface area contributed by atoms with Crippen LogP contribution in [0.25, 0.3) is 10.2 Å². The van der Waals surface area contributed by atoms with Gasteiger partial charge in [0, 0.05) is 31.1 Å². The van der Waals surface area contributed by atoms with E-state index in [0.29, 0.717) is 48.9 Å². The molecule has 8 nitrogen and oxygen atoms in total. The third-order valence-corrected chi connectivity index (χ3v) is 6.84. The predicted molar refractivity (Wildman–Crippen MR) is 104 cm³/mol. The minimum absolute atomic E-state index is 0.0182. The SMILES string of the molecule is COCCn1c(=O)n([C@H]2C[C@@H]2C)c(=O)c2c(C)c(CN3CCNC3=O)sc21. The van der Waals surface area contributed by atoms with Gasteiger partial charge in [0.2, 0.25) is 0 Å². The van der Waals surface area contributed by atoms with E-state index in [0.717, 1.165) is 16.9 Å². The highest BCUT2D eigenvalue weighted by molar-refractivity contribution is 7.18. The van der Waals surface area contributed by atoms with E-state index >= 15 is 0 Å². The summed E-state index contributed by atoms with van der Waals surface area (Å²) in [6.07, 6.45) is 0.856. The Balaban J connectivity index is 1.88. The van der Waals surface area contributed by atoms with Gasteiger partial charge in [0.05, 0.1) is 25.1 Å². The zero-order valence-corrected chi connectivity index (χ0v) is 16.6. The number of thiophene rings is 1. The van der Waals surface area contributed by atoms with E-state index in [2.05, 4.69) is 12.2 Å². The van der Waals surface area contributed by atoms with Crippen molar-refractivity contribution >= 4 is 27.6 Å². The van der Waals surface area contributed by atoms with Gasteiger partial charge in [-0.05, 0) is 24.8 Å². The molecule has 0 radical (unpaired) electrons. The molecule has 1 N–H and O–H groups in total. The van der Waals surface area contributed by atoms with Crippen LogP contribution in [0.1, 0.15) is 29.8 Å². The maximum Gasteiger partial charge on any atom is 0.332 e. The molecule has 0 spiro atoms. The molecular formula is C18H24N4O4S. The molecule has 2 aromatic rings. The zero-order chi connectivity index (χ0) is 19.3. The zero-order valence-electron chi connectivity index (χ0n) is 15.8. The molecule has 2 fully saturated rings. The van der Waals surface area contributed by atoms with Crippen LogP contribution < -0.4 is 16.6 Å². The van der Waals surface area contributed by atoms with Gasteiger partial charge in [-0.2, -0.15) is 0 Å². The van der Waals surface area contributed by atoms with Gasteiger partial charge in [-0.1, -0.05) is 6.92 Å². The van der Waals surface area contributed by atoms with Crippen LogP contribution in [0.5, 0.6) is 0 Å². The highest BCUT2D eigenvalue weighted by atomic mass is 32.1. The molecule has 0 bridgehead atoms. The second-order valence-corrected chi connectivity index (χ2v) is 8.45. The van der Waals surface area contributed by atoms with Crippen LogP contribution in [0, 0.1) is 12.8 Å². The lowest BCUT2D eigenvalue weighted by Gasteiger charge is -2.12. The molecule has 1 aliphatic carbocycles. The number of urea groups is 1. The molecule has 27 heavy (non-hydrogen) atoms. The normalized spacial score (nSPS) is 21.9. The molecule has 2 amide bonds. The molecule has 1 saturated carbocycles. The van der Waals surface area contributed by atoms with E-state index in [-0.39, 0.29) is 23.3 Å². The van der Waals surface area contributed by atoms with Crippen molar-refractivity contribution in [3.05, 3.63) is 31.3 Å². The van der Waals surface area contributed by atoms with Gasteiger partial charge in [-0.3, -0.25) is 13.9 Å². The first-order valence-corrected chi connectivity index (χ1v) is 10.0. The topological polar surface area (TPSA) is 85.6 Å². The minimum atomic E-state index is -0.259. The smallest absolute Gasteiger partial charge is 0.332 e. The number of fused-ring (bicyclic) bond motifs is 1. The molecule has 4 rings (SSSR count). The van der Waals surface area contributed by atoms with Crippen LogP contribution in [0.15, 0.2) is 9.59 Å². The monoisotopic (exact) mass is 392 g/mol. The lowest BCUT2D eigenvalue weighted by molar-refractivity contribution is 0.186. The Kier molecular flexibility index (Phi) is 4.59. The van der Waals surface area contributed by atoms with Crippen LogP contribution >= 0.6 is 11.3 Å². The largest absolute Gasteiger partial charge is 0.383 e. The van der Waals surface area contributed by atoms with Gasteiger partial charge in [0.1, 0.15) is 4.83 Å². The van der Waals surface area contributed by atoms with Crippen molar-refractivity contribution in [1.29, 1.82) is 0 Å². The molecule has 1 saturated heterocycles. The van der Waals surface area contributed by atoms with Crippen molar-refractivity contribution in [1.82, 2.24) is 19.4 Å². The number of aryl methyl sites for hydroxylation is 1. The number of carbonyl (C=O) groups is 1. The summed E-state index contributed by atoms with van der Waals surface area (Å²) in [5.41, 5.74) is 0.405. The van der Waals surface area contributed by atoms with Gasteiger partial charge in [0.15, 0.2) is 0 Å². The first kappa shape index (κ1) is 18.2. The van der Waals surface area contributed by atoms with Crippen LogP contribution in [0.4, 0.5) is 4.79 Å².